The molecule has 1 aliphatic heterocycles. The Kier molecular flexibility index (Phi) is 6.87. The van der Waals surface area contributed by atoms with Crippen LogP contribution >= 0.6 is 23.7 Å². The molecule has 3 aromatic rings. The molecule has 1 N–H and O–H groups in total. The van der Waals surface area contributed by atoms with Crippen molar-refractivity contribution in [2.45, 2.75) is 19.5 Å². The van der Waals surface area contributed by atoms with Crippen molar-refractivity contribution >= 4 is 34.7 Å². The van der Waals surface area contributed by atoms with Crippen molar-refractivity contribution in [3.8, 4) is 12.1 Å². The Morgan fingerprint density at radius 3 is 2.47 bits per heavy atom. The average molecular weight is 435 g/mol. The minimum atomic E-state index is -0.272. The Balaban J connectivity index is 0.00000256. The van der Waals surface area contributed by atoms with Crippen LogP contribution in [0.2, 0.25) is 0 Å². The first-order valence-electron chi connectivity index (χ1n) is 9.30. The minimum absolute atomic E-state index is 0. The minimum Gasteiger partial charge on any atom is -0.312 e. The molecule has 150 valence electrons. The van der Waals surface area contributed by atoms with Gasteiger partial charge in [-0.05, 0) is 41.8 Å². The lowest BCUT2D eigenvalue weighted by Gasteiger charge is -2.26. The predicted octanol–water partition coefficient (Wildman–Crippen LogP) is 4.72. The van der Waals surface area contributed by atoms with Crippen LogP contribution in [0.5, 0.6) is 0 Å². The van der Waals surface area contributed by atoms with E-state index in [4.69, 9.17) is 5.26 Å². The summed E-state index contributed by atoms with van der Waals surface area (Å²) in [7, 11) is 0. The van der Waals surface area contributed by atoms with E-state index in [1.165, 1.54) is 16.9 Å². The van der Waals surface area contributed by atoms with E-state index in [-0.39, 0.29) is 18.3 Å². The first-order chi connectivity index (χ1) is 14.2. The van der Waals surface area contributed by atoms with Crippen LogP contribution in [0.25, 0.3) is 0 Å². The molecular formula is C23H19ClN4OS. The summed E-state index contributed by atoms with van der Waals surface area (Å²) in [6.45, 7) is 2.53. The van der Waals surface area contributed by atoms with E-state index in [0.29, 0.717) is 21.7 Å². The summed E-state index contributed by atoms with van der Waals surface area (Å²) in [4.78, 5) is 16.1. The molecule has 1 aliphatic rings. The Hall–Kier alpha value is -3.16. The summed E-state index contributed by atoms with van der Waals surface area (Å²) in [6, 6.07) is 21.1. The van der Waals surface area contributed by atoms with E-state index in [9.17, 15) is 10.1 Å². The number of carbonyl (C=O) groups is 1. The highest BCUT2D eigenvalue weighted by molar-refractivity contribution is 7.16. The van der Waals surface area contributed by atoms with Crippen molar-refractivity contribution in [3.05, 3.63) is 87.3 Å². The maximum Gasteiger partial charge on any atom is 0.256 e. The van der Waals surface area contributed by atoms with Gasteiger partial charge in [0.15, 0.2) is 0 Å². The molecule has 0 spiro atoms. The maximum absolute atomic E-state index is 12.6. The summed E-state index contributed by atoms with van der Waals surface area (Å²) in [5.74, 6) is -0.272. The number of hydrogen-bond donors (Lipinski definition) is 1. The van der Waals surface area contributed by atoms with E-state index in [2.05, 4.69) is 28.4 Å². The topological polar surface area (TPSA) is 79.9 Å². The van der Waals surface area contributed by atoms with Gasteiger partial charge in [0.2, 0.25) is 0 Å². The summed E-state index contributed by atoms with van der Waals surface area (Å²) < 4.78 is 0. The quantitative estimate of drug-likeness (QED) is 0.644. The smallest absolute Gasteiger partial charge is 0.256 e. The largest absolute Gasteiger partial charge is 0.312 e. The van der Waals surface area contributed by atoms with Crippen molar-refractivity contribution in [2.75, 3.05) is 11.9 Å². The van der Waals surface area contributed by atoms with Gasteiger partial charge >= 0.3 is 0 Å². The van der Waals surface area contributed by atoms with Gasteiger partial charge in [-0.15, -0.1) is 23.7 Å². The number of nitrogens with zero attached hydrogens (tertiary/aromatic N) is 3. The molecule has 7 heteroatoms. The van der Waals surface area contributed by atoms with Crippen molar-refractivity contribution < 1.29 is 4.79 Å². The van der Waals surface area contributed by atoms with Crippen molar-refractivity contribution in [1.82, 2.24) is 4.90 Å². The Bertz CT molecular complexity index is 1130. The molecule has 2 aromatic carbocycles. The lowest BCUT2D eigenvalue weighted by atomic mass is 10.0. The van der Waals surface area contributed by atoms with Gasteiger partial charge < -0.3 is 5.32 Å². The molecule has 0 saturated heterocycles. The summed E-state index contributed by atoms with van der Waals surface area (Å²) in [6.07, 6.45) is 0.800. The van der Waals surface area contributed by atoms with Gasteiger partial charge in [0.1, 0.15) is 11.1 Å². The van der Waals surface area contributed by atoms with Crippen LogP contribution < -0.4 is 5.32 Å². The third kappa shape index (κ3) is 4.53. The monoisotopic (exact) mass is 434 g/mol. The lowest BCUT2D eigenvalue weighted by Crippen LogP contribution is -2.29. The van der Waals surface area contributed by atoms with Gasteiger partial charge in [-0.3, -0.25) is 9.69 Å². The number of benzene rings is 2. The fourth-order valence-electron chi connectivity index (χ4n) is 3.51. The van der Waals surface area contributed by atoms with Crippen molar-refractivity contribution in [2.24, 2.45) is 0 Å². The number of rotatable bonds is 4. The zero-order valence-corrected chi connectivity index (χ0v) is 17.7. The molecule has 4 rings (SSSR count). The number of nitrogens with one attached hydrogen (secondary N) is 1. The van der Waals surface area contributed by atoms with Crippen LogP contribution in [0.4, 0.5) is 5.00 Å². The van der Waals surface area contributed by atoms with E-state index < -0.39 is 0 Å². The number of carbonyl (C=O) groups excluding carboxylic acids is 1. The Labute approximate surface area is 185 Å². The fourth-order valence-corrected chi connectivity index (χ4v) is 4.75. The highest BCUT2D eigenvalue weighted by Crippen LogP contribution is 2.37. The molecular weight excluding hydrogens is 416 g/mol. The molecule has 0 radical (unpaired) electrons. The van der Waals surface area contributed by atoms with Crippen LogP contribution in [0.15, 0.2) is 54.6 Å². The fraction of sp³-hybridized carbons (Fsp3) is 0.174. The van der Waals surface area contributed by atoms with E-state index >= 15 is 0 Å². The zero-order chi connectivity index (χ0) is 20.2. The maximum atomic E-state index is 12.6. The van der Waals surface area contributed by atoms with Crippen LogP contribution in [-0.2, 0) is 19.5 Å². The van der Waals surface area contributed by atoms with Crippen LogP contribution in [0.1, 0.15) is 37.5 Å². The van der Waals surface area contributed by atoms with E-state index in [1.807, 2.05) is 24.3 Å². The molecule has 0 fully saturated rings. The van der Waals surface area contributed by atoms with E-state index in [1.54, 1.807) is 24.3 Å². The number of halogens is 1. The molecule has 0 saturated carbocycles. The number of nitriles is 2. The number of anilines is 1. The molecule has 5 nitrogen and oxygen atoms in total. The molecule has 0 unspecified atom stereocenters. The van der Waals surface area contributed by atoms with Gasteiger partial charge in [0, 0.05) is 30.1 Å². The van der Waals surface area contributed by atoms with Gasteiger partial charge in [-0.2, -0.15) is 10.5 Å². The highest BCUT2D eigenvalue weighted by atomic mass is 35.5. The molecule has 30 heavy (non-hydrogen) atoms. The summed E-state index contributed by atoms with van der Waals surface area (Å²) in [5, 5.41) is 22.1. The number of fused-ring (bicyclic) bond motifs is 1. The normalized spacial score (nSPS) is 12.7. The molecule has 0 aliphatic carbocycles. The van der Waals surface area contributed by atoms with E-state index in [0.717, 1.165) is 36.5 Å². The Morgan fingerprint density at radius 1 is 1.07 bits per heavy atom. The molecule has 1 amide bonds. The number of hydrogen-bond acceptors (Lipinski definition) is 5. The molecule has 2 heterocycles. The molecule has 0 atom stereocenters. The van der Waals surface area contributed by atoms with Crippen LogP contribution in [0.3, 0.4) is 0 Å². The summed E-state index contributed by atoms with van der Waals surface area (Å²) >= 11 is 1.48. The standard InChI is InChI=1S/C23H18N4OS.ClH/c24-12-16-6-8-18(9-7-16)22(28)26-23-20(13-25)19-10-11-27(15-21(19)29-23)14-17-4-2-1-3-5-17;/h1-9H,10-11,14-15H2,(H,26,28);1H. The van der Waals surface area contributed by atoms with Gasteiger partial charge in [-0.25, -0.2) is 0 Å². The number of thiophene rings is 1. The third-order valence-corrected chi connectivity index (χ3v) is 6.13. The second-order valence-corrected chi connectivity index (χ2v) is 8.01. The van der Waals surface area contributed by atoms with Crippen molar-refractivity contribution in [1.29, 1.82) is 10.5 Å². The summed E-state index contributed by atoms with van der Waals surface area (Å²) in [5.41, 5.74) is 3.86. The van der Waals surface area contributed by atoms with Gasteiger partial charge in [0.05, 0.1) is 17.2 Å². The lowest BCUT2D eigenvalue weighted by molar-refractivity contribution is 0.102. The average Bonchev–Trinajstić information content (AvgIpc) is 3.10. The predicted molar refractivity (Wildman–Crippen MR) is 120 cm³/mol. The Morgan fingerprint density at radius 2 is 1.80 bits per heavy atom. The zero-order valence-electron chi connectivity index (χ0n) is 16.1. The number of amides is 1. The molecule has 0 bridgehead atoms. The first kappa shape index (κ1) is 21.5. The van der Waals surface area contributed by atoms with Gasteiger partial charge in [-0.1, -0.05) is 30.3 Å². The van der Waals surface area contributed by atoms with Crippen LogP contribution in [-0.4, -0.2) is 17.4 Å². The molecule has 1 aromatic heterocycles. The van der Waals surface area contributed by atoms with Crippen LogP contribution in [0, 0.1) is 22.7 Å². The SMILES string of the molecule is Cl.N#Cc1ccc(C(=O)Nc2sc3c(c2C#N)CCN(Cc2ccccc2)C3)cc1. The second-order valence-electron chi connectivity index (χ2n) is 6.91. The second kappa shape index (κ2) is 9.56. The highest BCUT2D eigenvalue weighted by Gasteiger charge is 2.25. The van der Waals surface area contributed by atoms with Gasteiger partial charge in [0.25, 0.3) is 5.91 Å². The third-order valence-electron chi connectivity index (χ3n) is 5.00. The first-order valence-corrected chi connectivity index (χ1v) is 10.1. The van der Waals surface area contributed by atoms with Crippen molar-refractivity contribution in [3.63, 3.8) is 0 Å².